The van der Waals surface area contributed by atoms with Gasteiger partial charge in [0.05, 0.1) is 12.2 Å². The van der Waals surface area contributed by atoms with Crippen LogP contribution in [0, 0.1) is 0 Å². The number of fused-ring (bicyclic) bond motifs is 1. The van der Waals surface area contributed by atoms with Crippen LogP contribution in [0.2, 0.25) is 0 Å². The Morgan fingerprint density at radius 1 is 1.22 bits per heavy atom. The average Bonchev–Trinajstić information content (AvgIpc) is 2.99. The summed E-state index contributed by atoms with van der Waals surface area (Å²) in [5.74, 6) is 0.380. The van der Waals surface area contributed by atoms with Crippen LogP contribution in [-0.4, -0.2) is 61.8 Å². The fraction of sp³-hybridized carbons (Fsp3) is 0.400. The number of imidazole rings is 1. The van der Waals surface area contributed by atoms with Crippen molar-refractivity contribution in [2.45, 2.75) is 19.5 Å². The molecule has 1 aliphatic heterocycles. The third-order valence-corrected chi connectivity index (χ3v) is 3.90. The van der Waals surface area contributed by atoms with Gasteiger partial charge in [-0.25, -0.2) is 9.97 Å². The van der Waals surface area contributed by atoms with E-state index in [-0.39, 0.29) is 17.9 Å². The first-order valence-corrected chi connectivity index (χ1v) is 7.34. The monoisotopic (exact) mass is 314 g/mol. The molecule has 2 amide bonds. The van der Waals surface area contributed by atoms with Crippen LogP contribution in [-0.2, 0) is 6.54 Å². The van der Waals surface area contributed by atoms with Gasteiger partial charge in [0.15, 0.2) is 0 Å². The van der Waals surface area contributed by atoms with Crippen LogP contribution in [0.15, 0.2) is 24.8 Å². The third-order valence-electron chi connectivity index (χ3n) is 3.90. The lowest BCUT2D eigenvalue weighted by atomic mass is 10.2. The lowest BCUT2D eigenvalue weighted by Crippen LogP contribution is -2.41. The van der Waals surface area contributed by atoms with E-state index >= 15 is 0 Å². The molecule has 0 radical (unpaired) electrons. The summed E-state index contributed by atoms with van der Waals surface area (Å²) in [6.07, 6.45) is 6.23. The molecule has 3 rings (SSSR count). The van der Waals surface area contributed by atoms with Crippen LogP contribution >= 0.6 is 0 Å². The van der Waals surface area contributed by atoms with Gasteiger partial charge in [0.25, 0.3) is 11.8 Å². The standard InChI is InChI=1S/C15H18N6O2/c1-10-13-18-12(14(22)19(2)3)9-20(13)6-7-21(10)15(23)11-8-16-4-5-17-11/h4-5,8-10H,6-7H2,1-3H3. The van der Waals surface area contributed by atoms with E-state index in [4.69, 9.17) is 0 Å². The van der Waals surface area contributed by atoms with Gasteiger partial charge in [-0.05, 0) is 6.92 Å². The first-order valence-electron chi connectivity index (χ1n) is 7.34. The molecule has 1 aliphatic rings. The Balaban J connectivity index is 1.87. The highest BCUT2D eigenvalue weighted by molar-refractivity contribution is 5.93. The molecule has 0 fully saturated rings. The maximum atomic E-state index is 12.6. The van der Waals surface area contributed by atoms with Gasteiger partial charge in [-0.3, -0.25) is 14.6 Å². The molecule has 8 heteroatoms. The maximum Gasteiger partial charge on any atom is 0.274 e. The molecule has 23 heavy (non-hydrogen) atoms. The van der Waals surface area contributed by atoms with Crippen LogP contribution in [0.5, 0.6) is 0 Å². The highest BCUT2D eigenvalue weighted by Gasteiger charge is 2.31. The molecule has 120 valence electrons. The molecule has 0 N–H and O–H groups in total. The van der Waals surface area contributed by atoms with Crippen molar-refractivity contribution in [3.05, 3.63) is 42.0 Å². The molecule has 2 aromatic heterocycles. The Hall–Kier alpha value is -2.77. The molecule has 0 spiro atoms. The summed E-state index contributed by atoms with van der Waals surface area (Å²) in [6.45, 7) is 3.03. The fourth-order valence-electron chi connectivity index (χ4n) is 2.66. The van der Waals surface area contributed by atoms with Crippen molar-refractivity contribution in [3.8, 4) is 0 Å². The summed E-state index contributed by atoms with van der Waals surface area (Å²) in [5.41, 5.74) is 0.703. The van der Waals surface area contributed by atoms with Crippen LogP contribution in [0.25, 0.3) is 0 Å². The van der Waals surface area contributed by atoms with Crippen molar-refractivity contribution in [2.24, 2.45) is 0 Å². The van der Waals surface area contributed by atoms with E-state index in [1.807, 2.05) is 11.5 Å². The number of rotatable bonds is 2. The molecule has 2 aromatic rings. The molecule has 3 heterocycles. The first kappa shape index (κ1) is 15.1. The van der Waals surface area contributed by atoms with Crippen molar-refractivity contribution in [2.75, 3.05) is 20.6 Å². The van der Waals surface area contributed by atoms with Gasteiger partial charge in [0.1, 0.15) is 17.2 Å². The average molecular weight is 314 g/mol. The second-order valence-corrected chi connectivity index (χ2v) is 5.64. The molecule has 0 aromatic carbocycles. The summed E-state index contributed by atoms with van der Waals surface area (Å²) < 4.78 is 1.93. The summed E-state index contributed by atoms with van der Waals surface area (Å²) in [4.78, 5) is 40.2. The number of carbonyl (C=O) groups excluding carboxylic acids is 2. The Bertz CT molecular complexity index is 740. The van der Waals surface area contributed by atoms with Crippen molar-refractivity contribution >= 4 is 11.8 Å². The van der Waals surface area contributed by atoms with Crippen molar-refractivity contribution in [3.63, 3.8) is 0 Å². The Labute approximate surface area is 133 Å². The third kappa shape index (κ3) is 2.67. The largest absolute Gasteiger partial charge is 0.343 e. The van der Waals surface area contributed by atoms with E-state index in [0.717, 1.165) is 0 Å². The molecule has 8 nitrogen and oxygen atoms in total. The second kappa shape index (κ2) is 5.79. The summed E-state index contributed by atoms with van der Waals surface area (Å²) >= 11 is 0. The molecule has 1 atom stereocenters. The maximum absolute atomic E-state index is 12.6. The summed E-state index contributed by atoms with van der Waals surface area (Å²) in [7, 11) is 3.38. The van der Waals surface area contributed by atoms with E-state index in [2.05, 4.69) is 15.0 Å². The number of hydrogen-bond acceptors (Lipinski definition) is 5. The van der Waals surface area contributed by atoms with E-state index in [1.165, 1.54) is 23.5 Å². The molecule has 0 saturated carbocycles. The zero-order chi connectivity index (χ0) is 16.6. The summed E-state index contributed by atoms with van der Waals surface area (Å²) in [5, 5.41) is 0. The minimum atomic E-state index is -0.234. The van der Waals surface area contributed by atoms with Gasteiger partial charge in [0.2, 0.25) is 0 Å². The molecule has 0 bridgehead atoms. The minimum absolute atomic E-state index is 0.147. The van der Waals surface area contributed by atoms with Gasteiger partial charge in [-0.15, -0.1) is 0 Å². The van der Waals surface area contributed by atoms with Gasteiger partial charge < -0.3 is 14.4 Å². The van der Waals surface area contributed by atoms with E-state index in [9.17, 15) is 9.59 Å². The second-order valence-electron chi connectivity index (χ2n) is 5.64. The van der Waals surface area contributed by atoms with Gasteiger partial charge in [-0.1, -0.05) is 0 Å². The van der Waals surface area contributed by atoms with Crippen LogP contribution in [0.4, 0.5) is 0 Å². The summed E-state index contributed by atoms with van der Waals surface area (Å²) in [6, 6.07) is -0.234. The van der Waals surface area contributed by atoms with Crippen molar-refractivity contribution in [1.29, 1.82) is 0 Å². The molecule has 1 unspecified atom stereocenters. The van der Waals surface area contributed by atoms with Crippen molar-refractivity contribution in [1.82, 2.24) is 29.3 Å². The van der Waals surface area contributed by atoms with Crippen LogP contribution in [0.1, 0.15) is 39.8 Å². The smallest absolute Gasteiger partial charge is 0.274 e. The molecular formula is C15H18N6O2. The quantitative estimate of drug-likeness (QED) is 0.810. The molecule has 0 saturated heterocycles. The Kier molecular flexibility index (Phi) is 3.81. The van der Waals surface area contributed by atoms with E-state index < -0.39 is 0 Å². The predicted octanol–water partition coefficient (Wildman–Crippen LogP) is 0.592. The lowest BCUT2D eigenvalue weighted by molar-refractivity contribution is 0.0631. The number of nitrogens with zero attached hydrogens (tertiary/aromatic N) is 6. The zero-order valence-corrected chi connectivity index (χ0v) is 13.3. The van der Waals surface area contributed by atoms with Crippen LogP contribution in [0.3, 0.4) is 0 Å². The topological polar surface area (TPSA) is 84.2 Å². The van der Waals surface area contributed by atoms with E-state index in [0.29, 0.717) is 30.3 Å². The van der Waals surface area contributed by atoms with Crippen LogP contribution < -0.4 is 0 Å². The minimum Gasteiger partial charge on any atom is -0.343 e. The Morgan fingerprint density at radius 3 is 2.65 bits per heavy atom. The van der Waals surface area contributed by atoms with Crippen molar-refractivity contribution < 1.29 is 9.59 Å². The van der Waals surface area contributed by atoms with E-state index in [1.54, 1.807) is 25.2 Å². The first-order chi connectivity index (χ1) is 11.0. The number of amides is 2. The highest BCUT2D eigenvalue weighted by Crippen LogP contribution is 2.26. The SMILES string of the molecule is CC1c2nc(C(=O)N(C)C)cn2CCN1C(=O)c1cnccn1. The lowest BCUT2D eigenvalue weighted by Gasteiger charge is -2.33. The molecular weight excluding hydrogens is 296 g/mol. The highest BCUT2D eigenvalue weighted by atomic mass is 16.2. The normalized spacial score (nSPS) is 16.8. The fourth-order valence-corrected chi connectivity index (χ4v) is 2.66. The van der Waals surface area contributed by atoms with Gasteiger partial charge >= 0.3 is 0 Å². The zero-order valence-electron chi connectivity index (χ0n) is 13.3. The number of hydrogen-bond donors (Lipinski definition) is 0. The predicted molar refractivity (Wildman–Crippen MR) is 81.7 cm³/mol. The Morgan fingerprint density at radius 2 is 2.00 bits per heavy atom. The van der Waals surface area contributed by atoms with Gasteiger partial charge in [-0.2, -0.15) is 0 Å². The van der Waals surface area contributed by atoms with Gasteiger partial charge in [0, 0.05) is 45.8 Å². The number of carbonyl (C=O) groups is 2. The molecule has 0 aliphatic carbocycles. The number of aromatic nitrogens is 4.